The molecular weight excluding hydrogens is 224 g/mol. The maximum absolute atomic E-state index is 11.0. The van der Waals surface area contributed by atoms with Gasteiger partial charge in [0, 0.05) is 5.56 Å². The summed E-state index contributed by atoms with van der Waals surface area (Å²) >= 11 is 4.85. The fourth-order valence-electron chi connectivity index (χ4n) is 1.23. The molecule has 4 N–H and O–H groups in total. The highest BCUT2D eigenvalue weighted by Crippen LogP contribution is 2.15. The molecule has 0 bridgehead atoms. The fraction of sp³-hybridized carbons (Fsp3) is 0.273. The van der Waals surface area contributed by atoms with Gasteiger partial charge >= 0.3 is 0 Å². The maximum atomic E-state index is 11.0. The number of hydrogen-bond donors (Lipinski definition) is 2. The van der Waals surface area contributed by atoms with Crippen molar-refractivity contribution in [1.82, 2.24) is 0 Å². The monoisotopic (exact) mass is 238 g/mol. The quantitative estimate of drug-likeness (QED) is 0.749. The van der Waals surface area contributed by atoms with Crippen molar-refractivity contribution in [1.29, 1.82) is 0 Å². The van der Waals surface area contributed by atoms with E-state index in [9.17, 15) is 4.79 Å². The van der Waals surface area contributed by atoms with Crippen molar-refractivity contribution in [2.45, 2.75) is 19.4 Å². The molecule has 0 aromatic heterocycles. The summed E-state index contributed by atoms with van der Waals surface area (Å²) in [5.74, 6) is 0.0548. The van der Waals surface area contributed by atoms with Gasteiger partial charge in [0.1, 0.15) is 10.7 Å². The van der Waals surface area contributed by atoms with E-state index in [0.717, 1.165) is 0 Å². The number of rotatable bonds is 5. The van der Waals surface area contributed by atoms with Gasteiger partial charge in [0.05, 0.1) is 0 Å². The van der Waals surface area contributed by atoms with Crippen molar-refractivity contribution >= 4 is 23.1 Å². The van der Waals surface area contributed by atoms with E-state index in [2.05, 4.69) is 0 Å². The van der Waals surface area contributed by atoms with Gasteiger partial charge in [-0.1, -0.05) is 31.3 Å². The Morgan fingerprint density at radius 1 is 1.50 bits per heavy atom. The Labute approximate surface area is 99.6 Å². The summed E-state index contributed by atoms with van der Waals surface area (Å²) in [4.78, 5) is 11.3. The Kier molecular flexibility index (Phi) is 4.25. The van der Waals surface area contributed by atoms with Crippen LogP contribution in [0.3, 0.4) is 0 Å². The first-order valence-corrected chi connectivity index (χ1v) is 5.31. The SMILES string of the molecule is CCC(Oc1cccc(C(N)=S)c1)C(N)=O. The standard InChI is InChI=1S/C11H14N2O2S/c1-2-9(10(12)14)15-8-5-3-4-7(6-8)11(13)16/h3-6,9H,2H2,1H3,(H2,12,14)(H2,13,16). The van der Waals surface area contributed by atoms with Crippen molar-refractivity contribution < 1.29 is 9.53 Å². The van der Waals surface area contributed by atoms with Crippen molar-refractivity contribution in [3.63, 3.8) is 0 Å². The average Bonchev–Trinajstić information content (AvgIpc) is 2.25. The van der Waals surface area contributed by atoms with E-state index in [0.29, 0.717) is 17.7 Å². The topological polar surface area (TPSA) is 78.3 Å². The summed E-state index contributed by atoms with van der Waals surface area (Å²) in [5, 5.41) is 0. The minimum absolute atomic E-state index is 0.289. The van der Waals surface area contributed by atoms with Crippen LogP contribution in [0.25, 0.3) is 0 Å². The first-order valence-electron chi connectivity index (χ1n) is 4.90. The third kappa shape index (κ3) is 3.20. The molecule has 0 radical (unpaired) electrons. The molecule has 16 heavy (non-hydrogen) atoms. The van der Waals surface area contributed by atoms with Crippen LogP contribution < -0.4 is 16.2 Å². The van der Waals surface area contributed by atoms with E-state index in [-0.39, 0.29) is 4.99 Å². The van der Waals surface area contributed by atoms with E-state index in [1.807, 2.05) is 6.92 Å². The predicted octanol–water partition coefficient (Wildman–Crippen LogP) is 0.964. The maximum Gasteiger partial charge on any atom is 0.258 e. The Hall–Kier alpha value is -1.62. The van der Waals surface area contributed by atoms with Crippen LogP contribution in [0.2, 0.25) is 0 Å². The molecule has 0 heterocycles. The van der Waals surface area contributed by atoms with Crippen LogP contribution in [0.5, 0.6) is 5.75 Å². The molecule has 1 amide bonds. The zero-order chi connectivity index (χ0) is 12.1. The summed E-state index contributed by atoms with van der Waals surface area (Å²) in [5.41, 5.74) is 11.4. The Morgan fingerprint density at radius 3 is 2.69 bits per heavy atom. The van der Waals surface area contributed by atoms with Gasteiger partial charge in [0.25, 0.3) is 5.91 Å². The Bertz CT molecular complexity index is 407. The smallest absolute Gasteiger partial charge is 0.258 e. The Morgan fingerprint density at radius 2 is 2.19 bits per heavy atom. The molecule has 1 rings (SSSR count). The molecule has 0 aliphatic carbocycles. The molecule has 0 saturated carbocycles. The molecule has 0 spiro atoms. The van der Waals surface area contributed by atoms with Crippen molar-refractivity contribution in [2.24, 2.45) is 11.5 Å². The van der Waals surface area contributed by atoms with Crippen molar-refractivity contribution in [3.05, 3.63) is 29.8 Å². The van der Waals surface area contributed by atoms with Crippen LogP contribution in [0.4, 0.5) is 0 Å². The molecule has 1 unspecified atom stereocenters. The third-order valence-corrected chi connectivity index (χ3v) is 2.32. The van der Waals surface area contributed by atoms with Crippen molar-refractivity contribution in [2.75, 3.05) is 0 Å². The van der Waals surface area contributed by atoms with Gasteiger partial charge in [-0.25, -0.2) is 0 Å². The lowest BCUT2D eigenvalue weighted by Crippen LogP contribution is -2.33. The molecule has 1 atom stereocenters. The van der Waals surface area contributed by atoms with Gasteiger partial charge in [-0.05, 0) is 18.6 Å². The predicted molar refractivity (Wildman–Crippen MR) is 66.2 cm³/mol. The largest absolute Gasteiger partial charge is 0.481 e. The second-order valence-corrected chi connectivity index (χ2v) is 3.75. The highest BCUT2D eigenvalue weighted by Gasteiger charge is 2.14. The van der Waals surface area contributed by atoms with Crippen LogP contribution >= 0.6 is 12.2 Å². The van der Waals surface area contributed by atoms with E-state index in [1.54, 1.807) is 24.3 Å². The third-order valence-electron chi connectivity index (χ3n) is 2.09. The van der Waals surface area contributed by atoms with Gasteiger partial charge in [0.15, 0.2) is 6.10 Å². The second-order valence-electron chi connectivity index (χ2n) is 3.31. The average molecular weight is 238 g/mol. The lowest BCUT2D eigenvalue weighted by atomic mass is 10.2. The number of amides is 1. The number of carbonyl (C=O) groups is 1. The summed E-state index contributed by atoms with van der Waals surface area (Å²) in [7, 11) is 0. The second kappa shape index (κ2) is 5.46. The zero-order valence-electron chi connectivity index (χ0n) is 8.97. The fourth-order valence-corrected chi connectivity index (χ4v) is 1.36. The van der Waals surface area contributed by atoms with E-state index >= 15 is 0 Å². The van der Waals surface area contributed by atoms with Gasteiger partial charge in [-0.2, -0.15) is 0 Å². The lowest BCUT2D eigenvalue weighted by Gasteiger charge is -2.14. The molecule has 1 aromatic rings. The van der Waals surface area contributed by atoms with E-state index in [4.69, 9.17) is 28.4 Å². The lowest BCUT2D eigenvalue weighted by molar-refractivity contribution is -0.124. The van der Waals surface area contributed by atoms with Gasteiger partial charge in [-0.15, -0.1) is 0 Å². The molecule has 0 fully saturated rings. The van der Waals surface area contributed by atoms with Crippen LogP contribution in [-0.2, 0) is 4.79 Å². The molecular formula is C11H14N2O2S. The number of benzene rings is 1. The molecule has 0 aliphatic rings. The zero-order valence-corrected chi connectivity index (χ0v) is 9.79. The molecule has 4 nitrogen and oxygen atoms in total. The van der Waals surface area contributed by atoms with Crippen LogP contribution in [-0.4, -0.2) is 17.0 Å². The minimum Gasteiger partial charge on any atom is -0.481 e. The van der Waals surface area contributed by atoms with Gasteiger partial charge in [0.2, 0.25) is 0 Å². The number of hydrogen-bond acceptors (Lipinski definition) is 3. The normalized spacial score (nSPS) is 11.8. The van der Waals surface area contributed by atoms with E-state index < -0.39 is 12.0 Å². The minimum atomic E-state index is -0.624. The first-order chi connectivity index (χ1) is 7.54. The number of thiocarbonyl (C=S) groups is 1. The number of carbonyl (C=O) groups excluding carboxylic acids is 1. The highest BCUT2D eigenvalue weighted by molar-refractivity contribution is 7.80. The summed E-state index contributed by atoms with van der Waals surface area (Å²) in [6.07, 6.45) is -0.103. The van der Waals surface area contributed by atoms with Gasteiger partial charge < -0.3 is 16.2 Å². The number of nitrogens with two attached hydrogens (primary N) is 2. The molecule has 0 saturated heterocycles. The molecule has 5 heteroatoms. The van der Waals surface area contributed by atoms with Gasteiger partial charge in [-0.3, -0.25) is 4.79 Å². The summed E-state index contributed by atoms with van der Waals surface area (Å²) in [6.45, 7) is 1.83. The Balaban J connectivity index is 2.84. The van der Waals surface area contributed by atoms with Crippen LogP contribution in [0.15, 0.2) is 24.3 Å². The van der Waals surface area contributed by atoms with E-state index in [1.165, 1.54) is 0 Å². The number of primary amides is 1. The first kappa shape index (κ1) is 12.4. The molecule has 86 valence electrons. The molecule has 0 aliphatic heterocycles. The van der Waals surface area contributed by atoms with Crippen molar-refractivity contribution in [3.8, 4) is 5.75 Å². The highest BCUT2D eigenvalue weighted by atomic mass is 32.1. The summed E-state index contributed by atoms with van der Waals surface area (Å²) in [6, 6.07) is 6.96. The molecule has 1 aromatic carbocycles. The number of ether oxygens (including phenoxy) is 1. The summed E-state index contributed by atoms with van der Waals surface area (Å²) < 4.78 is 5.43. The van der Waals surface area contributed by atoms with Crippen LogP contribution in [0.1, 0.15) is 18.9 Å². The van der Waals surface area contributed by atoms with Crippen LogP contribution in [0, 0.1) is 0 Å².